The van der Waals surface area contributed by atoms with E-state index < -0.39 is 10.0 Å². The number of sulfonamides is 1. The van der Waals surface area contributed by atoms with Gasteiger partial charge in [-0.1, -0.05) is 64.8 Å². The maximum atomic E-state index is 13.4. The summed E-state index contributed by atoms with van der Waals surface area (Å²) in [7, 11) is -3.94. The minimum Gasteiger partial charge on any atom is -0.493 e. The molecule has 8 heteroatoms. The molecule has 0 aliphatic heterocycles. The van der Waals surface area contributed by atoms with Gasteiger partial charge in [-0.25, -0.2) is 8.42 Å². The molecule has 0 spiro atoms. The van der Waals surface area contributed by atoms with Gasteiger partial charge in [0.2, 0.25) is 5.91 Å². The van der Waals surface area contributed by atoms with Gasteiger partial charge >= 0.3 is 0 Å². The van der Waals surface area contributed by atoms with Crippen LogP contribution in [0.5, 0.6) is 5.75 Å². The van der Waals surface area contributed by atoms with Gasteiger partial charge in [0.25, 0.3) is 10.0 Å². The molecule has 3 aromatic rings. The van der Waals surface area contributed by atoms with Crippen molar-refractivity contribution in [3.8, 4) is 5.75 Å². The number of amides is 1. The lowest BCUT2D eigenvalue weighted by atomic mass is 10.1. The van der Waals surface area contributed by atoms with E-state index in [1.807, 2.05) is 37.3 Å². The highest BCUT2D eigenvalue weighted by Crippen LogP contribution is 2.26. The van der Waals surface area contributed by atoms with Crippen molar-refractivity contribution in [1.29, 1.82) is 0 Å². The van der Waals surface area contributed by atoms with Crippen molar-refractivity contribution < 1.29 is 17.9 Å². The summed E-state index contributed by atoms with van der Waals surface area (Å²) in [5, 5.41) is 2.87. The molecule has 3 rings (SSSR count). The van der Waals surface area contributed by atoms with Crippen LogP contribution in [0.2, 0.25) is 0 Å². The number of hydrogen-bond donors (Lipinski definition) is 1. The average molecular weight is 560 g/mol. The number of anilines is 1. The van der Waals surface area contributed by atoms with E-state index in [2.05, 4.69) is 28.2 Å². The highest BCUT2D eigenvalue weighted by atomic mass is 79.9. The van der Waals surface area contributed by atoms with Crippen molar-refractivity contribution >= 4 is 37.5 Å². The van der Waals surface area contributed by atoms with E-state index in [4.69, 9.17) is 4.74 Å². The summed E-state index contributed by atoms with van der Waals surface area (Å²) in [6, 6.07) is 21.4. The molecule has 0 bridgehead atoms. The number of benzene rings is 3. The van der Waals surface area contributed by atoms with Crippen LogP contribution in [0.3, 0.4) is 0 Å². The standard InChI is InChI=1S/C27H31BrN2O4S/c1-3-18-34-26-12-5-4-8-22(26)9-7-17-29-27(31)20-30(24-11-6-10-23(28)19-24)35(32,33)25-15-13-21(2)14-16-25/h4-6,8,10-16,19H,3,7,9,17-18,20H2,1-2H3,(H,29,31). The molecule has 0 atom stereocenters. The second-order valence-electron chi connectivity index (χ2n) is 8.21. The van der Waals surface area contributed by atoms with Gasteiger partial charge in [-0.2, -0.15) is 0 Å². The van der Waals surface area contributed by atoms with Crippen molar-refractivity contribution in [2.45, 2.75) is 38.0 Å². The van der Waals surface area contributed by atoms with Crippen LogP contribution in [0.4, 0.5) is 5.69 Å². The largest absolute Gasteiger partial charge is 0.493 e. The molecule has 186 valence electrons. The predicted molar refractivity (Wildman–Crippen MR) is 143 cm³/mol. The van der Waals surface area contributed by atoms with Crippen LogP contribution in [-0.4, -0.2) is 34.0 Å². The first-order chi connectivity index (χ1) is 16.8. The lowest BCUT2D eigenvalue weighted by Crippen LogP contribution is -2.41. The third-order valence-corrected chi connectivity index (χ3v) is 7.65. The van der Waals surface area contributed by atoms with Gasteiger partial charge in [-0.05, 0) is 68.1 Å². The Bertz CT molecular complexity index is 1230. The number of para-hydroxylation sites is 1. The Balaban J connectivity index is 1.67. The fourth-order valence-corrected chi connectivity index (χ4v) is 5.34. The van der Waals surface area contributed by atoms with E-state index in [1.165, 1.54) is 0 Å². The first kappa shape index (κ1) is 26.8. The summed E-state index contributed by atoms with van der Waals surface area (Å²) in [4.78, 5) is 12.9. The van der Waals surface area contributed by atoms with Crippen LogP contribution in [0.25, 0.3) is 0 Å². The third kappa shape index (κ3) is 7.57. The van der Waals surface area contributed by atoms with Gasteiger partial charge in [-0.3, -0.25) is 9.10 Å². The number of nitrogens with zero attached hydrogens (tertiary/aromatic N) is 1. The second-order valence-corrected chi connectivity index (χ2v) is 11.0. The molecule has 6 nitrogen and oxygen atoms in total. The van der Waals surface area contributed by atoms with Gasteiger partial charge in [0, 0.05) is 11.0 Å². The Hall–Kier alpha value is -2.84. The van der Waals surface area contributed by atoms with E-state index in [0.717, 1.165) is 38.5 Å². The summed E-state index contributed by atoms with van der Waals surface area (Å²) in [5.74, 6) is 0.502. The van der Waals surface area contributed by atoms with Gasteiger partial charge < -0.3 is 10.1 Å². The van der Waals surface area contributed by atoms with E-state index in [-0.39, 0.29) is 17.3 Å². The number of aryl methyl sites for hydroxylation is 2. The molecule has 0 saturated carbocycles. The SMILES string of the molecule is CCCOc1ccccc1CCCNC(=O)CN(c1cccc(Br)c1)S(=O)(=O)c1ccc(C)cc1. The molecule has 0 saturated heterocycles. The van der Waals surface area contributed by atoms with Crippen LogP contribution in [0.1, 0.15) is 30.9 Å². The summed E-state index contributed by atoms with van der Waals surface area (Å²) in [6.45, 7) is 4.73. The average Bonchev–Trinajstić information content (AvgIpc) is 2.84. The quantitative estimate of drug-likeness (QED) is 0.298. The van der Waals surface area contributed by atoms with Crippen LogP contribution < -0.4 is 14.4 Å². The molecular weight excluding hydrogens is 528 g/mol. The number of rotatable bonds is 12. The summed E-state index contributed by atoms with van der Waals surface area (Å²) < 4.78 is 34.6. The zero-order chi connectivity index (χ0) is 25.3. The highest BCUT2D eigenvalue weighted by molar-refractivity contribution is 9.10. The first-order valence-corrected chi connectivity index (χ1v) is 13.9. The maximum Gasteiger partial charge on any atom is 0.264 e. The Labute approximate surface area is 216 Å². The Morgan fingerprint density at radius 3 is 2.49 bits per heavy atom. The van der Waals surface area contributed by atoms with Crippen molar-refractivity contribution in [2.75, 3.05) is 24.0 Å². The Kier molecular flexibility index (Phi) is 9.74. The predicted octanol–water partition coefficient (Wildman–Crippen LogP) is 5.49. The molecule has 0 aliphatic rings. The van der Waals surface area contributed by atoms with Gasteiger partial charge in [-0.15, -0.1) is 0 Å². The first-order valence-electron chi connectivity index (χ1n) is 11.6. The topological polar surface area (TPSA) is 75.7 Å². The molecule has 35 heavy (non-hydrogen) atoms. The fraction of sp³-hybridized carbons (Fsp3) is 0.296. The summed E-state index contributed by atoms with van der Waals surface area (Å²) in [6.07, 6.45) is 2.39. The minimum absolute atomic E-state index is 0.138. The van der Waals surface area contributed by atoms with E-state index in [0.29, 0.717) is 25.3 Å². The highest BCUT2D eigenvalue weighted by Gasteiger charge is 2.27. The molecule has 3 aromatic carbocycles. The smallest absolute Gasteiger partial charge is 0.264 e. The zero-order valence-corrected chi connectivity index (χ0v) is 22.4. The molecule has 0 aliphatic carbocycles. The normalized spacial score (nSPS) is 11.2. The molecule has 1 N–H and O–H groups in total. The van der Waals surface area contributed by atoms with Crippen LogP contribution in [-0.2, 0) is 21.2 Å². The number of carbonyl (C=O) groups excluding carboxylic acids is 1. The van der Waals surface area contributed by atoms with Gasteiger partial charge in [0.05, 0.1) is 17.2 Å². The number of ether oxygens (including phenoxy) is 1. The van der Waals surface area contributed by atoms with Crippen molar-refractivity contribution in [1.82, 2.24) is 5.32 Å². The van der Waals surface area contributed by atoms with Crippen LogP contribution in [0.15, 0.2) is 82.2 Å². The van der Waals surface area contributed by atoms with E-state index >= 15 is 0 Å². The zero-order valence-electron chi connectivity index (χ0n) is 20.0. The van der Waals surface area contributed by atoms with E-state index in [1.54, 1.807) is 42.5 Å². The van der Waals surface area contributed by atoms with Gasteiger partial charge in [0.1, 0.15) is 12.3 Å². The molecular formula is C27H31BrN2O4S. The molecule has 0 radical (unpaired) electrons. The van der Waals surface area contributed by atoms with Crippen molar-refractivity contribution in [3.05, 3.63) is 88.4 Å². The Morgan fingerprint density at radius 2 is 1.77 bits per heavy atom. The second kappa shape index (κ2) is 12.7. The lowest BCUT2D eigenvalue weighted by molar-refractivity contribution is -0.119. The minimum atomic E-state index is -3.94. The third-order valence-electron chi connectivity index (χ3n) is 5.37. The van der Waals surface area contributed by atoms with Crippen molar-refractivity contribution in [3.63, 3.8) is 0 Å². The molecule has 0 fully saturated rings. The number of nitrogens with one attached hydrogen (secondary N) is 1. The lowest BCUT2D eigenvalue weighted by Gasteiger charge is -2.24. The summed E-state index contributed by atoms with van der Waals surface area (Å²) in [5.41, 5.74) is 2.46. The molecule has 0 heterocycles. The maximum absolute atomic E-state index is 13.4. The van der Waals surface area contributed by atoms with E-state index in [9.17, 15) is 13.2 Å². The fourth-order valence-electron chi connectivity index (χ4n) is 3.54. The number of halogens is 1. The van der Waals surface area contributed by atoms with Crippen LogP contribution in [0, 0.1) is 6.92 Å². The number of hydrogen-bond acceptors (Lipinski definition) is 4. The Morgan fingerprint density at radius 1 is 1.03 bits per heavy atom. The van der Waals surface area contributed by atoms with Crippen molar-refractivity contribution in [2.24, 2.45) is 0 Å². The monoisotopic (exact) mass is 558 g/mol. The molecule has 0 unspecified atom stereocenters. The summed E-state index contributed by atoms with van der Waals surface area (Å²) >= 11 is 3.39. The number of carbonyl (C=O) groups is 1. The molecule has 1 amide bonds. The van der Waals surface area contributed by atoms with Gasteiger partial charge in [0.15, 0.2) is 0 Å². The van der Waals surface area contributed by atoms with Crippen LogP contribution >= 0.6 is 15.9 Å². The molecule has 0 aromatic heterocycles.